The summed E-state index contributed by atoms with van der Waals surface area (Å²) in [5.74, 6) is 0.152. The van der Waals surface area contributed by atoms with Crippen LogP contribution in [0.3, 0.4) is 0 Å². The van der Waals surface area contributed by atoms with Crippen molar-refractivity contribution in [2.45, 2.75) is 13.5 Å². The fourth-order valence-electron chi connectivity index (χ4n) is 3.19. The molecule has 0 radical (unpaired) electrons. The third-order valence-electron chi connectivity index (χ3n) is 5.21. The lowest BCUT2D eigenvalue weighted by molar-refractivity contribution is 0.0734. The smallest absolute Gasteiger partial charge is 0.345 e. The van der Waals surface area contributed by atoms with Gasteiger partial charge in [-0.25, -0.2) is 10.2 Å². The van der Waals surface area contributed by atoms with Crippen LogP contribution in [0.5, 0.6) is 11.5 Å². The van der Waals surface area contributed by atoms with E-state index in [-0.39, 0.29) is 5.91 Å². The molecule has 0 unspecified atom stereocenters. The number of benzene rings is 4. The first-order chi connectivity index (χ1) is 17.5. The molecule has 180 valence electrons. The van der Waals surface area contributed by atoms with Gasteiger partial charge in [-0.15, -0.1) is 0 Å². The molecule has 1 amide bonds. The van der Waals surface area contributed by atoms with Gasteiger partial charge in [-0.05, 0) is 78.7 Å². The van der Waals surface area contributed by atoms with Crippen molar-refractivity contribution < 1.29 is 19.1 Å². The number of hydrogen-bond donors (Lipinski definition) is 1. The predicted octanol–water partition coefficient (Wildman–Crippen LogP) is 6.21. The van der Waals surface area contributed by atoms with Crippen LogP contribution in [0.1, 0.15) is 37.4 Å². The minimum Gasteiger partial charge on any atom is -0.489 e. The number of halogens is 1. The molecule has 0 aliphatic heterocycles. The van der Waals surface area contributed by atoms with Gasteiger partial charge in [0.2, 0.25) is 0 Å². The van der Waals surface area contributed by atoms with Crippen molar-refractivity contribution in [3.8, 4) is 11.5 Å². The molecule has 1 N–H and O–H groups in total. The molecular formula is C29H23ClN2O4. The van der Waals surface area contributed by atoms with E-state index in [1.54, 1.807) is 72.8 Å². The van der Waals surface area contributed by atoms with Crippen LogP contribution >= 0.6 is 11.6 Å². The Hall–Kier alpha value is -4.42. The largest absolute Gasteiger partial charge is 0.489 e. The molecule has 36 heavy (non-hydrogen) atoms. The summed E-state index contributed by atoms with van der Waals surface area (Å²) in [5, 5.41) is 4.32. The Morgan fingerprint density at radius 1 is 0.861 bits per heavy atom. The number of nitrogens with one attached hydrogen (secondary N) is 1. The van der Waals surface area contributed by atoms with Crippen molar-refractivity contribution in [2.24, 2.45) is 5.10 Å². The maximum absolute atomic E-state index is 12.4. The van der Waals surface area contributed by atoms with Crippen molar-refractivity contribution in [3.63, 3.8) is 0 Å². The first-order valence-electron chi connectivity index (χ1n) is 11.2. The molecule has 0 spiro atoms. The second-order valence-corrected chi connectivity index (χ2v) is 8.34. The van der Waals surface area contributed by atoms with E-state index < -0.39 is 5.97 Å². The average Bonchev–Trinajstić information content (AvgIpc) is 2.90. The lowest BCUT2D eigenvalue weighted by Crippen LogP contribution is -2.17. The summed E-state index contributed by atoms with van der Waals surface area (Å²) >= 11 is 6.03. The van der Waals surface area contributed by atoms with Crippen LogP contribution in [0.25, 0.3) is 0 Å². The molecule has 4 aromatic rings. The zero-order valence-electron chi connectivity index (χ0n) is 19.5. The Morgan fingerprint density at radius 2 is 1.53 bits per heavy atom. The molecule has 0 fully saturated rings. The minimum atomic E-state index is -0.541. The van der Waals surface area contributed by atoms with Crippen LogP contribution in [0.2, 0.25) is 5.02 Å². The highest BCUT2D eigenvalue weighted by Crippen LogP contribution is 2.19. The number of ether oxygens (including phenoxy) is 2. The Morgan fingerprint density at radius 3 is 2.22 bits per heavy atom. The number of carbonyl (C=O) groups is 2. The molecule has 0 saturated carbocycles. The summed E-state index contributed by atoms with van der Waals surface area (Å²) in [7, 11) is 0. The zero-order chi connectivity index (χ0) is 25.3. The van der Waals surface area contributed by atoms with E-state index in [9.17, 15) is 9.59 Å². The van der Waals surface area contributed by atoms with Crippen LogP contribution in [0, 0.1) is 6.92 Å². The van der Waals surface area contributed by atoms with Crippen LogP contribution in [0.15, 0.2) is 102 Å². The van der Waals surface area contributed by atoms with Crippen molar-refractivity contribution in [3.05, 3.63) is 130 Å². The molecular weight excluding hydrogens is 476 g/mol. The van der Waals surface area contributed by atoms with E-state index in [4.69, 9.17) is 21.1 Å². The maximum Gasteiger partial charge on any atom is 0.345 e. The average molecular weight is 499 g/mol. The van der Waals surface area contributed by atoms with Crippen LogP contribution < -0.4 is 14.9 Å². The highest BCUT2D eigenvalue weighted by Gasteiger charge is 2.12. The number of carbonyl (C=O) groups excluding carboxylic acids is 2. The van der Waals surface area contributed by atoms with Gasteiger partial charge in [-0.2, -0.15) is 5.10 Å². The van der Waals surface area contributed by atoms with Crippen molar-refractivity contribution in [1.29, 1.82) is 0 Å². The van der Waals surface area contributed by atoms with Crippen molar-refractivity contribution in [1.82, 2.24) is 5.43 Å². The molecule has 0 saturated heterocycles. The number of aryl methyl sites for hydroxylation is 1. The molecule has 4 aromatic carbocycles. The van der Waals surface area contributed by atoms with Crippen LogP contribution in [-0.4, -0.2) is 18.1 Å². The van der Waals surface area contributed by atoms with Gasteiger partial charge in [0.15, 0.2) is 0 Å². The molecule has 4 rings (SSSR count). The van der Waals surface area contributed by atoms with E-state index in [1.165, 1.54) is 11.8 Å². The summed E-state index contributed by atoms with van der Waals surface area (Å²) in [4.78, 5) is 24.6. The summed E-state index contributed by atoms with van der Waals surface area (Å²) in [6.45, 7) is 2.49. The molecule has 0 atom stereocenters. The quantitative estimate of drug-likeness (QED) is 0.135. The molecule has 6 nitrogen and oxygen atoms in total. The third-order valence-corrected chi connectivity index (χ3v) is 5.54. The molecule has 0 heterocycles. The van der Waals surface area contributed by atoms with Gasteiger partial charge in [-0.1, -0.05) is 53.6 Å². The van der Waals surface area contributed by atoms with Gasteiger partial charge >= 0.3 is 5.97 Å². The Kier molecular flexibility index (Phi) is 8.11. The zero-order valence-corrected chi connectivity index (χ0v) is 20.2. The number of esters is 1. The second kappa shape index (κ2) is 11.8. The van der Waals surface area contributed by atoms with Crippen molar-refractivity contribution in [2.75, 3.05) is 0 Å². The lowest BCUT2D eigenvalue weighted by Gasteiger charge is -2.07. The summed E-state index contributed by atoms with van der Waals surface area (Å²) in [6, 6.07) is 28.3. The third kappa shape index (κ3) is 6.81. The molecule has 0 aliphatic rings. The maximum atomic E-state index is 12.4. The van der Waals surface area contributed by atoms with Gasteiger partial charge in [0.1, 0.15) is 18.1 Å². The second-order valence-electron chi connectivity index (χ2n) is 7.94. The van der Waals surface area contributed by atoms with Crippen molar-refractivity contribution >= 4 is 29.7 Å². The van der Waals surface area contributed by atoms with Crippen LogP contribution in [0.4, 0.5) is 0 Å². The van der Waals surface area contributed by atoms with E-state index in [1.807, 2.05) is 31.2 Å². The van der Waals surface area contributed by atoms with Gasteiger partial charge < -0.3 is 9.47 Å². The van der Waals surface area contributed by atoms with Gasteiger partial charge in [0, 0.05) is 5.56 Å². The minimum absolute atomic E-state index is 0.290. The summed E-state index contributed by atoms with van der Waals surface area (Å²) in [5.41, 5.74) is 6.23. The lowest BCUT2D eigenvalue weighted by atomic mass is 10.2. The first-order valence-corrected chi connectivity index (χ1v) is 11.5. The number of hydrogen-bond acceptors (Lipinski definition) is 5. The topological polar surface area (TPSA) is 77.0 Å². The van der Waals surface area contributed by atoms with E-state index in [2.05, 4.69) is 10.5 Å². The monoisotopic (exact) mass is 498 g/mol. The van der Waals surface area contributed by atoms with E-state index in [0.29, 0.717) is 39.8 Å². The molecule has 7 heteroatoms. The predicted molar refractivity (Wildman–Crippen MR) is 140 cm³/mol. The summed E-state index contributed by atoms with van der Waals surface area (Å²) < 4.78 is 11.1. The fourth-order valence-corrected chi connectivity index (χ4v) is 3.41. The number of nitrogens with zero attached hydrogens (tertiary/aromatic N) is 1. The number of hydrazone groups is 1. The highest BCUT2D eigenvalue weighted by molar-refractivity contribution is 6.33. The van der Waals surface area contributed by atoms with E-state index >= 15 is 0 Å². The molecule has 0 bridgehead atoms. The van der Waals surface area contributed by atoms with Gasteiger partial charge in [-0.3, -0.25) is 4.79 Å². The van der Waals surface area contributed by atoms with Gasteiger partial charge in [0.05, 0.1) is 16.8 Å². The Bertz CT molecular complexity index is 1370. The number of amides is 1. The molecule has 0 aliphatic carbocycles. The van der Waals surface area contributed by atoms with Gasteiger partial charge in [0.25, 0.3) is 5.91 Å². The molecule has 0 aromatic heterocycles. The fraction of sp³-hybridized carbons (Fsp3) is 0.0690. The Balaban J connectivity index is 1.26. The summed E-state index contributed by atoms with van der Waals surface area (Å²) in [6.07, 6.45) is 1.50. The first kappa shape index (κ1) is 24.7. The van der Waals surface area contributed by atoms with E-state index in [0.717, 1.165) is 5.56 Å². The standard InChI is InChI=1S/C29H23ClN2O4/c1-20-6-8-22(9-7-20)19-35-24-16-12-23(13-17-24)28(33)32-31-18-21-10-14-25(15-11-21)36-29(34)26-4-2-3-5-27(26)30/h2-18H,19H2,1H3,(H,32,33)/b31-18-. The van der Waals surface area contributed by atoms with Crippen LogP contribution in [-0.2, 0) is 6.61 Å². The highest BCUT2D eigenvalue weighted by atomic mass is 35.5. The normalized spacial score (nSPS) is 10.7. The number of rotatable bonds is 8. The Labute approximate surface area is 214 Å². The SMILES string of the molecule is Cc1ccc(COc2ccc(C(=O)N/N=C\c3ccc(OC(=O)c4ccccc4Cl)cc3)cc2)cc1.